The molecule has 0 unspecified atom stereocenters. The lowest BCUT2D eigenvalue weighted by atomic mass is 9.86. The molecule has 25 heavy (non-hydrogen) atoms. The molecule has 0 bridgehead atoms. The number of aliphatic hydroxyl groups is 1. The standard InChI is InChI=1S/C21H24N2O2/c1-23-13-17-11-22-12-20(17)18-6-5-16(10-19(18)21(23)25)15-4-2-3-14(9-15)7-8-24/h2-6,9-10,17,20,22,24H,7-8,11-13H2,1H3/t17-,20+/m1/s1. The van der Waals surface area contributed by atoms with Crippen molar-refractivity contribution in [3.05, 3.63) is 59.2 Å². The van der Waals surface area contributed by atoms with E-state index in [-0.39, 0.29) is 12.5 Å². The summed E-state index contributed by atoms with van der Waals surface area (Å²) in [5.74, 6) is 1.03. The molecule has 130 valence electrons. The Morgan fingerprint density at radius 1 is 1.16 bits per heavy atom. The van der Waals surface area contributed by atoms with Crippen molar-refractivity contribution in [3.8, 4) is 11.1 Å². The van der Waals surface area contributed by atoms with E-state index in [2.05, 4.69) is 29.6 Å². The number of aliphatic hydroxyl groups excluding tert-OH is 1. The fourth-order valence-electron chi connectivity index (χ4n) is 4.21. The number of nitrogens with one attached hydrogen (secondary N) is 1. The molecule has 4 rings (SSSR count). The molecular formula is C21H24N2O2. The zero-order valence-corrected chi connectivity index (χ0v) is 14.5. The number of benzene rings is 2. The molecule has 0 aliphatic carbocycles. The number of nitrogens with zero attached hydrogens (tertiary/aromatic N) is 1. The summed E-state index contributed by atoms with van der Waals surface area (Å²) >= 11 is 0. The highest BCUT2D eigenvalue weighted by Crippen LogP contribution is 2.36. The second-order valence-corrected chi connectivity index (χ2v) is 7.19. The van der Waals surface area contributed by atoms with E-state index in [0.29, 0.717) is 18.3 Å². The third-order valence-corrected chi connectivity index (χ3v) is 5.54. The quantitative estimate of drug-likeness (QED) is 0.904. The predicted octanol–water partition coefficient (Wildman–Crippen LogP) is 2.28. The molecule has 2 heterocycles. The summed E-state index contributed by atoms with van der Waals surface area (Å²) < 4.78 is 0. The Morgan fingerprint density at radius 3 is 2.84 bits per heavy atom. The Bertz CT molecular complexity index is 802. The SMILES string of the molecule is CN1C[C@H]2CNC[C@@H]2c2ccc(-c3cccc(CCO)c3)cc2C1=O. The van der Waals surface area contributed by atoms with E-state index in [4.69, 9.17) is 5.11 Å². The van der Waals surface area contributed by atoms with Gasteiger partial charge in [-0.3, -0.25) is 4.79 Å². The normalized spacial score (nSPS) is 22.5. The molecule has 0 spiro atoms. The van der Waals surface area contributed by atoms with Crippen LogP contribution in [0, 0.1) is 5.92 Å². The van der Waals surface area contributed by atoms with E-state index >= 15 is 0 Å². The van der Waals surface area contributed by atoms with Crippen LogP contribution in [0.25, 0.3) is 11.1 Å². The molecule has 4 nitrogen and oxygen atoms in total. The van der Waals surface area contributed by atoms with E-state index in [0.717, 1.165) is 41.9 Å². The van der Waals surface area contributed by atoms with Gasteiger partial charge in [0.25, 0.3) is 5.91 Å². The van der Waals surface area contributed by atoms with Crippen LogP contribution >= 0.6 is 0 Å². The van der Waals surface area contributed by atoms with Crippen molar-refractivity contribution in [1.82, 2.24) is 10.2 Å². The first-order valence-electron chi connectivity index (χ1n) is 8.97. The first kappa shape index (κ1) is 16.3. The van der Waals surface area contributed by atoms with Gasteiger partial charge in [-0.2, -0.15) is 0 Å². The average molecular weight is 336 g/mol. The molecule has 4 heteroatoms. The van der Waals surface area contributed by atoms with Gasteiger partial charge in [-0.1, -0.05) is 36.4 Å². The summed E-state index contributed by atoms with van der Waals surface area (Å²) in [6.45, 7) is 2.89. The predicted molar refractivity (Wildman–Crippen MR) is 98.7 cm³/mol. The van der Waals surface area contributed by atoms with Crippen molar-refractivity contribution in [2.24, 2.45) is 5.92 Å². The number of amides is 1. The van der Waals surface area contributed by atoms with Gasteiger partial charge < -0.3 is 15.3 Å². The third kappa shape index (κ3) is 2.96. The van der Waals surface area contributed by atoms with Crippen molar-refractivity contribution < 1.29 is 9.90 Å². The molecule has 0 saturated carbocycles. The van der Waals surface area contributed by atoms with Crippen LogP contribution in [0.3, 0.4) is 0 Å². The van der Waals surface area contributed by atoms with Gasteiger partial charge in [0.05, 0.1) is 0 Å². The Morgan fingerprint density at radius 2 is 2.00 bits per heavy atom. The third-order valence-electron chi connectivity index (χ3n) is 5.54. The van der Waals surface area contributed by atoms with Crippen LogP contribution in [0.5, 0.6) is 0 Å². The Hall–Kier alpha value is -2.17. The Kier molecular flexibility index (Phi) is 4.32. The van der Waals surface area contributed by atoms with Gasteiger partial charge in [-0.05, 0) is 40.7 Å². The number of hydrogen-bond acceptors (Lipinski definition) is 3. The fourth-order valence-corrected chi connectivity index (χ4v) is 4.21. The van der Waals surface area contributed by atoms with Crippen molar-refractivity contribution in [2.45, 2.75) is 12.3 Å². The molecule has 2 aliphatic rings. The summed E-state index contributed by atoms with van der Waals surface area (Å²) in [5.41, 5.74) is 5.28. The molecule has 1 fully saturated rings. The second-order valence-electron chi connectivity index (χ2n) is 7.19. The highest BCUT2D eigenvalue weighted by atomic mass is 16.3. The Balaban J connectivity index is 1.77. The summed E-state index contributed by atoms with van der Waals surface area (Å²) in [6, 6.07) is 14.5. The number of rotatable bonds is 3. The highest BCUT2D eigenvalue weighted by molar-refractivity contribution is 5.97. The highest BCUT2D eigenvalue weighted by Gasteiger charge is 2.36. The molecular weight excluding hydrogens is 312 g/mol. The Labute approximate surface area is 148 Å². The minimum absolute atomic E-state index is 0.123. The van der Waals surface area contributed by atoms with Crippen molar-refractivity contribution in [1.29, 1.82) is 0 Å². The van der Waals surface area contributed by atoms with Crippen molar-refractivity contribution in [2.75, 3.05) is 33.3 Å². The van der Waals surface area contributed by atoms with E-state index < -0.39 is 0 Å². The van der Waals surface area contributed by atoms with Gasteiger partial charge in [-0.25, -0.2) is 0 Å². The topological polar surface area (TPSA) is 52.6 Å². The maximum atomic E-state index is 12.9. The van der Waals surface area contributed by atoms with Crippen LogP contribution < -0.4 is 5.32 Å². The van der Waals surface area contributed by atoms with Gasteiger partial charge in [0.2, 0.25) is 0 Å². The number of carbonyl (C=O) groups is 1. The number of hydrogen-bond donors (Lipinski definition) is 2. The lowest BCUT2D eigenvalue weighted by molar-refractivity contribution is 0.0784. The fraction of sp³-hybridized carbons (Fsp3) is 0.381. The molecule has 2 N–H and O–H groups in total. The summed E-state index contributed by atoms with van der Waals surface area (Å²) in [7, 11) is 1.90. The number of fused-ring (bicyclic) bond motifs is 3. The summed E-state index contributed by atoms with van der Waals surface area (Å²) in [5, 5.41) is 12.6. The minimum atomic E-state index is 0.123. The molecule has 1 amide bonds. The molecule has 0 radical (unpaired) electrons. The lowest BCUT2D eigenvalue weighted by Crippen LogP contribution is -2.31. The van der Waals surface area contributed by atoms with Crippen molar-refractivity contribution in [3.63, 3.8) is 0 Å². The summed E-state index contributed by atoms with van der Waals surface area (Å²) in [6.07, 6.45) is 0.649. The first-order chi connectivity index (χ1) is 12.2. The van der Waals surface area contributed by atoms with Crippen LogP contribution in [-0.2, 0) is 6.42 Å². The van der Waals surface area contributed by atoms with Gasteiger partial charge in [0, 0.05) is 44.8 Å². The van der Waals surface area contributed by atoms with Crippen LogP contribution in [0.4, 0.5) is 0 Å². The lowest BCUT2D eigenvalue weighted by Gasteiger charge is -2.19. The molecule has 2 aromatic rings. The van der Waals surface area contributed by atoms with E-state index in [1.165, 1.54) is 5.56 Å². The van der Waals surface area contributed by atoms with Gasteiger partial charge in [0.1, 0.15) is 0 Å². The zero-order chi connectivity index (χ0) is 17.4. The molecule has 1 saturated heterocycles. The van der Waals surface area contributed by atoms with E-state index in [1.54, 1.807) is 0 Å². The maximum Gasteiger partial charge on any atom is 0.253 e. The largest absolute Gasteiger partial charge is 0.396 e. The number of carbonyl (C=O) groups excluding carboxylic acids is 1. The zero-order valence-electron chi connectivity index (χ0n) is 14.5. The molecule has 2 aliphatic heterocycles. The van der Waals surface area contributed by atoms with Gasteiger partial charge in [0.15, 0.2) is 0 Å². The minimum Gasteiger partial charge on any atom is -0.396 e. The first-order valence-corrected chi connectivity index (χ1v) is 8.97. The smallest absolute Gasteiger partial charge is 0.253 e. The second kappa shape index (κ2) is 6.62. The monoisotopic (exact) mass is 336 g/mol. The summed E-state index contributed by atoms with van der Waals surface area (Å²) in [4.78, 5) is 14.8. The van der Waals surface area contributed by atoms with Crippen LogP contribution in [0.15, 0.2) is 42.5 Å². The van der Waals surface area contributed by atoms with E-state index in [1.807, 2.05) is 30.1 Å². The molecule has 2 atom stereocenters. The van der Waals surface area contributed by atoms with E-state index in [9.17, 15) is 4.79 Å². The van der Waals surface area contributed by atoms with Crippen LogP contribution in [-0.4, -0.2) is 49.2 Å². The maximum absolute atomic E-state index is 12.9. The van der Waals surface area contributed by atoms with Gasteiger partial charge >= 0.3 is 0 Å². The van der Waals surface area contributed by atoms with Crippen molar-refractivity contribution >= 4 is 5.91 Å². The molecule has 2 aromatic carbocycles. The average Bonchev–Trinajstić information content (AvgIpc) is 3.05. The molecule has 0 aromatic heterocycles. The van der Waals surface area contributed by atoms with Crippen LogP contribution in [0.1, 0.15) is 27.4 Å². The van der Waals surface area contributed by atoms with Gasteiger partial charge in [-0.15, -0.1) is 0 Å². The van der Waals surface area contributed by atoms with Crippen LogP contribution in [0.2, 0.25) is 0 Å².